The van der Waals surface area contributed by atoms with Crippen molar-refractivity contribution in [1.29, 1.82) is 0 Å². The molecule has 2 heteroatoms. The quantitative estimate of drug-likeness (QED) is 0.113. The van der Waals surface area contributed by atoms with Crippen LogP contribution in [0.15, 0.2) is 207 Å². The molecule has 0 heterocycles. The van der Waals surface area contributed by atoms with Gasteiger partial charge in [0, 0.05) is 34.1 Å². The first-order valence-electron chi connectivity index (χ1n) is 17.3. The predicted octanol–water partition coefficient (Wildman–Crippen LogP) is 14.0. The highest BCUT2D eigenvalue weighted by atomic mass is 15.1. The van der Waals surface area contributed by atoms with Crippen molar-refractivity contribution in [2.75, 3.05) is 9.80 Å². The van der Waals surface area contributed by atoms with Crippen LogP contribution in [0.3, 0.4) is 0 Å². The first-order chi connectivity index (χ1) is 25.1. The second-order valence-corrected chi connectivity index (χ2v) is 12.7. The summed E-state index contributed by atoms with van der Waals surface area (Å²) in [5.74, 6) is 0. The minimum absolute atomic E-state index is 0.951. The third-order valence-electron chi connectivity index (χ3n) is 9.71. The highest BCUT2D eigenvalue weighted by Gasteiger charge is 2.20. The molecule has 8 aromatic carbocycles. The van der Waals surface area contributed by atoms with Gasteiger partial charge >= 0.3 is 0 Å². The Bertz CT molecular complexity index is 2530. The number of benzene rings is 8. The molecule has 8 rings (SSSR count). The molecule has 0 aromatic heterocycles. The van der Waals surface area contributed by atoms with Crippen molar-refractivity contribution in [3.8, 4) is 11.1 Å². The van der Waals surface area contributed by atoms with E-state index in [1.807, 2.05) is 24.3 Å². The fourth-order valence-corrected chi connectivity index (χ4v) is 7.33. The van der Waals surface area contributed by atoms with Gasteiger partial charge in [0.1, 0.15) is 0 Å². The predicted molar refractivity (Wildman–Crippen MR) is 221 cm³/mol. The lowest BCUT2D eigenvalue weighted by molar-refractivity contribution is 1.21. The van der Waals surface area contributed by atoms with Gasteiger partial charge in [0.2, 0.25) is 0 Å². The Morgan fingerprint density at radius 1 is 0.471 bits per heavy atom. The van der Waals surface area contributed by atoms with Crippen LogP contribution in [0.25, 0.3) is 43.4 Å². The van der Waals surface area contributed by atoms with Crippen LogP contribution in [0, 0.1) is 6.92 Å². The monoisotopic (exact) mass is 654 g/mol. The number of aryl methyl sites for hydroxylation is 1. The van der Waals surface area contributed by atoms with Crippen LogP contribution in [-0.4, -0.2) is 0 Å². The smallest absolute Gasteiger partial charge is 0.0468 e. The normalized spacial score (nSPS) is 11.5. The zero-order valence-corrected chi connectivity index (χ0v) is 28.7. The molecule has 0 radical (unpaired) electrons. The maximum absolute atomic E-state index is 4.17. The maximum Gasteiger partial charge on any atom is 0.0468 e. The molecule has 0 bridgehead atoms. The van der Waals surface area contributed by atoms with E-state index < -0.39 is 0 Å². The molecule has 0 saturated carbocycles. The van der Waals surface area contributed by atoms with Gasteiger partial charge in [-0.2, -0.15) is 0 Å². The highest BCUT2D eigenvalue weighted by Crippen LogP contribution is 2.45. The topological polar surface area (TPSA) is 6.48 Å². The summed E-state index contributed by atoms with van der Waals surface area (Å²) < 4.78 is 0. The van der Waals surface area contributed by atoms with E-state index in [1.165, 1.54) is 49.0 Å². The Hall–Kier alpha value is -6.64. The standard InChI is InChI=1S/C49H38N2/c1-4-17-39(5-2)50(40-20-9-6-10-21-40)44-28-30-45-35(3)47-33-43(51(41-22-11-7-12-23-41)42-24-13-8-14-25-42)29-31-46(47)49(48(45)34-44)38-27-26-36-18-15-16-19-37(36)32-38/h4-34H,1-2H2,3H3/b39-17+. The van der Waals surface area contributed by atoms with Gasteiger partial charge in [-0.25, -0.2) is 0 Å². The molecule has 0 aliphatic carbocycles. The van der Waals surface area contributed by atoms with Crippen molar-refractivity contribution in [3.63, 3.8) is 0 Å². The second kappa shape index (κ2) is 13.7. The minimum atomic E-state index is 0.951. The largest absolute Gasteiger partial charge is 0.311 e. The summed E-state index contributed by atoms with van der Waals surface area (Å²) in [5, 5.41) is 7.31. The van der Waals surface area contributed by atoms with Gasteiger partial charge in [-0.3, -0.25) is 0 Å². The van der Waals surface area contributed by atoms with Gasteiger partial charge in [0.15, 0.2) is 0 Å². The Labute approximate surface area is 300 Å². The van der Waals surface area contributed by atoms with E-state index in [4.69, 9.17) is 0 Å². The molecule has 8 aromatic rings. The molecule has 0 aliphatic rings. The lowest BCUT2D eigenvalue weighted by Gasteiger charge is -2.28. The molecule has 0 spiro atoms. The molecule has 0 atom stereocenters. The second-order valence-electron chi connectivity index (χ2n) is 12.7. The van der Waals surface area contributed by atoms with Crippen LogP contribution >= 0.6 is 0 Å². The lowest BCUT2D eigenvalue weighted by Crippen LogP contribution is -2.15. The fraction of sp³-hybridized carbons (Fsp3) is 0.0204. The molecule has 244 valence electrons. The lowest BCUT2D eigenvalue weighted by atomic mass is 9.87. The summed E-state index contributed by atoms with van der Waals surface area (Å²) in [4.78, 5) is 4.58. The first-order valence-corrected chi connectivity index (χ1v) is 17.3. The first kappa shape index (κ1) is 31.6. The minimum Gasteiger partial charge on any atom is -0.311 e. The highest BCUT2D eigenvalue weighted by molar-refractivity contribution is 6.17. The SMILES string of the molecule is C=C/C=C(\C=C)N(c1ccccc1)c1ccc2c(C)c3cc(N(c4ccccc4)c4ccccc4)ccc3c(-c3ccc4ccccc4c3)c2c1. The van der Waals surface area contributed by atoms with Gasteiger partial charge in [-0.05, 0) is 135 Å². The third kappa shape index (κ3) is 5.88. The van der Waals surface area contributed by atoms with E-state index in [0.717, 1.165) is 34.1 Å². The molecule has 0 aliphatic heterocycles. The van der Waals surface area contributed by atoms with Crippen molar-refractivity contribution >= 4 is 60.8 Å². The van der Waals surface area contributed by atoms with E-state index in [-0.39, 0.29) is 0 Å². The maximum atomic E-state index is 4.17. The van der Waals surface area contributed by atoms with Gasteiger partial charge in [-0.1, -0.05) is 122 Å². The third-order valence-corrected chi connectivity index (χ3v) is 9.71. The van der Waals surface area contributed by atoms with Gasteiger partial charge in [0.25, 0.3) is 0 Å². The number of hydrogen-bond donors (Lipinski definition) is 0. The van der Waals surface area contributed by atoms with Crippen molar-refractivity contribution in [2.24, 2.45) is 0 Å². The van der Waals surface area contributed by atoms with Crippen molar-refractivity contribution in [2.45, 2.75) is 6.92 Å². The summed E-state index contributed by atoms with van der Waals surface area (Å²) in [6.45, 7) is 10.4. The summed E-state index contributed by atoms with van der Waals surface area (Å²) in [7, 11) is 0. The van der Waals surface area contributed by atoms with E-state index >= 15 is 0 Å². The molecule has 0 saturated heterocycles. The van der Waals surface area contributed by atoms with Crippen molar-refractivity contribution in [3.05, 3.63) is 213 Å². The van der Waals surface area contributed by atoms with E-state index in [1.54, 1.807) is 0 Å². The van der Waals surface area contributed by atoms with Gasteiger partial charge in [-0.15, -0.1) is 0 Å². The Morgan fingerprint density at radius 3 is 1.69 bits per heavy atom. The number of para-hydroxylation sites is 3. The molecule has 0 N–H and O–H groups in total. The molecular formula is C49H38N2. The molecule has 0 fully saturated rings. The molecule has 51 heavy (non-hydrogen) atoms. The zero-order chi connectivity index (χ0) is 34.7. The van der Waals surface area contributed by atoms with Crippen LogP contribution in [-0.2, 0) is 0 Å². The number of rotatable bonds is 9. The van der Waals surface area contributed by atoms with E-state index in [0.29, 0.717) is 0 Å². The number of allylic oxidation sites excluding steroid dienone is 3. The Balaban J connectivity index is 1.42. The van der Waals surface area contributed by atoms with Crippen LogP contribution in [0.1, 0.15) is 5.56 Å². The van der Waals surface area contributed by atoms with Crippen molar-refractivity contribution in [1.82, 2.24) is 0 Å². The Kier molecular flexibility index (Phi) is 8.49. The van der Waals surface area contributed by atoms with Crippen LogP contribution in [0.5, 0.6) is 0 Å². The number of anilines is 5. The van der Waals surface area contributed by atoms with Crippen LogP contribution in [0.2, 0.25) is 0 Å². The molecule has 2 nitrogen and oxygen atoms in total. The van der Waals surface area contributed by atoms with Crippen LogP contribution in [0.4, 0.5) is 28.4 Å². The number of nitrogens with zero attached hydrogens (tertiary/aromatic N) is 2. The van der Waals surface area contributed by atoms with E-state index in [9.17, 15) is 0 Å². The zero-order valence-electron chi connectivity index (χ0n) is 28.7. The van der Waals surface area contributed by atoms with Crippen molar-refractivity contribution < 1.29 is 0 Å². The Morgan fingerprint density at radius 2 is 1.04 bits per heavy atom. The summed E-state index contributed by atoms with van der Waals surface area (Å²) in [6, 6.07) is 60.9. The van der Waals surface area contributed by atoms with Gasteiger partial charge < -0.3 is 9.80 Å². The number of fused-ring (bicyclic) bond motifs is 3. The molecule has 0 amide bonds. The average Bonchev–Trinajstić information content (AvgIpc) is 3.19. The van der Waals surface area contributed by atoms with Crippen LogP contribution < -0.4 is 9.80 Å². The van der Waals surface area contributed by atoms with Gasteiger partial charge in [0.05, 0.1) is 0 Å². The average molecular weight is 655 g/mol. The fourth-order valence-electron chi connectivity index (χ4n) is 7.33. The summed E-state index contributed by atoms with van der Waals surface area (Å²) in [6.07, 6.45) is 5.71. The van der Waals surface area contributed by atoms with E-state index in [2.05, 4.69) is 194 Å². The molecular weight excluding hydrogens is 617 g/mol. The summed E-state index contributed by atoms with van der Waals surface area (Å²) >= 11 is 0. The number of hydrogen-bond acceptors (Lipinski definition) is 2. The summed E-state index contributed by atoms with van der Waals surface area (Å²) in [5.41, 5.74) is 10.1. The molecule has 0 unspecified atom stereocenters.